The fourth-order valence-electron chi connectivity index (χ4n) is 3.74. The number of unbranched alkanes of at least 4 members (excludes halogenated alkanes) is 1. The van der Waals surface area contributed by atoms with Gasteiger partial charge in [0.2, 0.25) is 0 Å². The Balaban J connectivity index is 1.30. The first kappa shape index (κ1) is 22.9. The van der Waals surface area contributed by atoms with Gasteiger partial charge in [0, 0.05) is 43.1 Å². The molecule has 4 rings (SSSR count). The number of ether oxygens (including phenoxy) is 1. The molecular weight excluding hydrogens is 434 g/mol. The van der Waals surface area contributed by atoms with Crippen molar-refractivity contribution in [3.05, 3.63) is 76.5 Å². The summed E-state index contributed by atoms with van der Waals surface area (Å²) in [5, 5.41) is 4.89. The van der Waals surface area contributed by atoms with E-state index in [1.807, 2.05) is 58.8 Å². The summed E-state index contributed by atoms with van der Waals surface area (Å²) in [5.74, 6) is 0.662. The van der Waals surface area contributed by atoms with E-state index in [2.05, 4.69) is 17.1 Å². The third-order valence-electron chi connectivity index (χ3n) is 5.65. The predicted molar refractivity (Wildman–Crippen MR) is 134 cm³/mol. The van der Waals surface area contributed by atoms with Gasteiger partial charge in [-0.15, -0.1) is 11.3 Å². The highest BCUT2D eigenvalue weighted by Gasteiger charge is 2.22. The molecule has 0 atom stereocenters. The highest BCUT2D eigenvalue weighted by molar-refractivity contribution is 7.12. The van der Waals surface area contributed by atoms with Crippen LogP contribution < -0.4 is 15.0 Å². The Morgan fingerprint density at radius 1 is 1.00 bits per heavy atom. The quantitative estimate of drug-likeness (QED) is 0.470. The zero-order valence-electron chi connectivity index (χ0n) is 18.8. The minimum atomic E-state index is -0.163. The lowest BCUT2D eigenvalue weighted by atomic mass is 10.2. The van der Waals surface area contributed by atoms with E-state index in [0.717, 1.165) is 42.2 Å². The van der Waals surface area contributed by atoms with Crippen LogP contribution in [0.15, 0.2) is 66.0 Å². The molecule has 7 heteroatoms. The lowest BCUT2D eigenvalue weighted by Gasteiger charge is -2.36. The minimum Gasteiger partial charge on any atom is -0.494 e. The van der Waals surface area contributed by atoms with Crippen LogP contribution in [0.2, 0.25) is 0 Å². The molecule has 1 aromatic heterocycles. The van der Waals surface area contributed by atoms with Crippen molar-refractivity contribution in [2.24, 2.45) is 0 Å². The first-order chi connectivity index (χ1) is 16.1. The normalized spacial score (nSPS) is 13.6. The molecule has 1 fully saturated rings. The number of carbonyl (C=O) groups is 2. The van der Waals surface area contributed by atoms with Gasteiger partial charge in [-0.3, -0.25) is 9.59 Å². The van der Waals surface area contributed by atoms with E-state index >= 15 is 0 Å². The number of hydrogen-bond acceptors (Lipinski definition) is 5. The summed E-state index contributed by atoms with van der Waals surface area (Å²) in [6, 6.07) is 18.9. The van der Waals surface area contributed by atoms with E-state index in [9.17, 15) is 9.59 Å². The van der Waals surface area contributed by atoms with Gasteiger partial charge in [-0.1, -0.05) is 25.5 Å². The molecule has 0 aliphatic carbocycles. The summed E-state index contributed by atoms with van der Waals surface area (Å²) in [6.45, 7) is 5.74. The fourth-order valence-corrected chi connectivity index (χ4v) is 4.43. The maximum absolute atomic E-state index is 12.7. The van der Waals surface area contributed by atoms with Crippen LogP contribution in [0.25, 0.3) is 0 Å². The molecule has 172 valence electrons. The van der Waals surface area contributed by atoms with Crippen molar-refractivity contribution in [1.82, 2.24) is 4.90 Å². The largest absolute Gasteiger partial charge is 0.494 e. The first-order valence-electron chi connectivity index (χ1n) is 11.4. The summed E-state index contributed by atoms with van der Waals surface area (Å²) >= 11 is 1.49. The van der Waals surface area contributed by atoms with Gasteiger partial charge < -0.3 is 19.9 Å². The maximum Gasteiger partial charge on any atom is 0.264 e. The SMILES string of the molecule is CCCCOc1cccc(C(=O)Nc2ccc(N3CCN(C(=O)c4cccs4)CC3)cc2)c1. The molecule has 0 bridgehead atoms. The molecule has 6 nitrogen and oxygen atoms in total. The summed E-state index contributed by atoms with van der Waals surface area (Å²) in [5.41, 5.74) is 2.40. The van der Waals surface area contributed by atoms with E-state index in [-0.39, 0.29) is 11.8 Å². The van der Waals surface area contributed by atoms with E-state index < -0.39 is 0 Å². The number of amides is 2. The van der Waals surface area contributed by atoms with Gasteiger partial charge in [-0.25, -0.2) is 0 Å². The van der Waals surface area contributed by atoms with Crippen LogP contribution in [-0.2, 0) is 0 Å². The molecule has 1 aliphatic rings. The Kier molecular flexibility index (Phi) is 7.62. The second kappa shape index (κ2) is 11.0. The van der Waals surface area contributed by atoms with Crippen LogP contribution in [-0.4, -0.2) is 49.5 Å². The van der Waals surface area contributed by atoms with Gasteiger partial charge in [0.15, 0.2) is 0 Å². The monoisotopic (exact) mass is 463 g/mol. The van der Waals surface area contributed by atoms with Gasteiger partial charge in [0.25, 0.3) is 11.8 Å². The lowest BCUT2D eigenvalue weighted by Crippen LogP contribution is -2.48. The molecule has 1 saturated heterocycles. The molecule has 1 N–H and O–H groups in total. The number of piperazine rings is 1. The van der Waals surface area contributed by atoms with E-state index in [1.165, 1.54) is 11.3 Å². The van der Waals surface area contributed by atoms with E-state index in [0.29, 0.717) is 31.0 Å². The van der Waals surface area contributed by atoms with Crippen LogP contribution in [0.3, 0.4) is 0 Å². The Morgan fingerprint density at radius 2 is 1.79 bits per heavy atom. The van der Waals surface area contributed by atoms with Crippen molar-refractivity contribution in [1.29, 1.82) is 0 Å². The third kappa shape index (κ3) is 5.93. The molecule has 2 heterocycles. The van der Waals surface area contributed by atoms with Gasteiger partial charge in [0.05, 0.1) is 11.5 Å². The molecule has 0 unspecified atom stereocenters. The molecule has 33 heavy (non-hydrogen) atoms. The summed E-state index contributed by atoms with van der Waals surface area (Å²) in [6.07, 6.45) is 2.06. The molecule has 2 aromatic carbocycles. The van der Waals surface area contributed by atoms with Crippen LogP contribution in [0.1, 0.15) is 39.8 Å². The minimum absolute atomic E-state index is 0.113. The van der Waals surface area contributed by atoms with Crippen LogP contribution in [0, 0.1) is 0 Å². The van der Waals surface area contributed by atoms with Crippen LogP contribution in [0.5, 0.6) is 5.75 Å². The van der Waals surface area contributed by atoms with Crippen LogP contribution >= 0.6 is 11.3 Å². The molecule has 0 saturated carbocycles. The van der Waals surface area contributed by atoms with Crippen LogP contribution in [0.4, 0.5) is 11.4 Å². The van der Waals surface area contributed by atoms with E-state index in [4.69, 9.17) is 4.74 Å². The first-order valence-corrected chi connectivity index (χ1v) is 12.2. The average Bonchev–Trinajstić information content (AvgIpc) is 3.40. The molecule has 0 radical (unpaired) electrons. The topological polar surface area (TPSA) is 61.9 Å². The number of nitrogens with zero attached hydrogens (tertiary/aromatic N) is 2. The lowest BCUT2D eigenvalue weighted by molar-refractivity contribution is 0.0751. The number of hydrogen-bond donors (Lipinski definition) is 1. The van der Waals surface area contributed by atoms with Gasteiger partial charge in [-0.2, -0.15) is 0 Å². The number of benzene rings is 2. The van der Waals surface area contributed by atoms with Crippen molar-refractivity contribution in [3.63, 3.8) is 0 Å². The van der Waals surface area contributed by atoms with Gasteiger partial charge in [0.1, 0.15) is 5.75 Å². The highest BCUT2D eigenvalue weighted by Crippen LogP contribution is 2.22. The standard InChI is InChI=1S/C26H29N3O3S/c1-2-3-17-32-23-7-4-6-20(19-23)25(30)27-21-9-11-22(12-10-21)28-13-15-29(16-14-28)26(31)24-8-5-18-33-24/h4-12,18-19H,2-3,13-17H2,1H3,(H,27,30). The average molecular weight is 464 g/mol. The smallest absolute Gasteiger partial charge is 0.264 e. The van der Waals surface area contributed by atoms with Crippen molar-refractivity contribution in [2.75, 3.05) is 43.0 Å². The second-order valence-electron chi connectivity index (χ2n) is 7.99. The Bertz CT molecular complexity index is 1060. The molecule has 0 spiro atoms. The molecule has 1 aliphatic heterocycles. The maximum atomic E-state index is 12.7. The summed E-state index contributed by atoms with van der Waals surface area (Å²) < 4.78 is 5.70. The van der Waals surface area contributed by atoms with E-state index in [1.54, 1.807) is 12.1 Å². The zero-order chi connectivity index (χ0) is 23.0. The number of thiophene rings is 1. The van der Waals surface area contributed by atoms with Crippen molar-refractivity contribution in [2.45, 2.75) is 19.8 Å². The second-order valence-corrected chi connectivity index (χ2v) is 8.94. The zero-order valence-corrected chi connectivity index (χ0v) is 19.6. The highest BCUT2D eigenvalue weighted by atomic mass is 32.1. The number of nitrogens with one attached hydrogen (secondary N) is 1. The van der Waals surface area contributed by atoms with Gasteiger partial charge >= 0.3 is 0 Å². The Hall–Kier alpha value is -3.32. The Labute approximate surface area is 198 Å². The number of rotatable bonds is 8. The Morgan fingerprint density at radius 3 is 2.48 bits per heavy atom. The fraction of sp³-hybridized carbons (Fsp3) is 0.308. The van der Waals surface area contributed by atoms with Gasteiger partial charge in [-0.05, 0) is 60.3 Å². The number of anilines is 2. The molecule has 3 aromatic rings. The predicted octanol–water partition coefficient (Wildman–Crippen LogP) is 5.14. The van der Waals surface area contributed by atoms with Crippen molar-refractivity contribution in [3.8, 4) is 5.75 Å². The third-order valence-corrected chi connectivity index (χ3v) is 6.51. The van der Waals surface area contributed by atoms with Crippen molar-refractivity contribution >= 4 is 34.5 Å². The number of carbonyl (C=O) groups excluding carboxylic acids is 2. The van der Waals surface area contributed by atoms with Crippen molar-refractivity contribution < 1.29 is 14.3 Å². The molecule has 2 amide bonds. The molecular formula is C26H29N3O3S. The summed E-state index contributed by atoms with van der Waals surface area (Å²) in [7, 11) is 0. The summed E-state index contributed by atoms with van der Waals surface area (Å²) in [4.78, 5) is 30.2.